The Labute approximate surface area is 186 Å². The number of nitrogens with one attached hydrogen (secondary N) is 1. The molecule has 6 rings (SSSR count). The minimum atomic E-state index is 0.189. The number of ether oxygens (including phenoxy) is 1. The quantitative estimate of drug-likeness (QED) is 0.535. The molecule has 1 unspecified atom stereocenters. The van der Waals surface area contributed by atoms with E-state index in [9.17, 15) is 0 Å². The van der Waals surface area contributed by atoms with Crippen LogP contribution >= 0.6 is 15.9 Å². The van der Waals surface area contributed by atoms with Crippen molar-refractivity contribution in [1.82, 2.24) is 9.88 Å². The van der Waals surface area contributed by atoms with Gasteiger partial charge in [0.25, 0.3) is 0 Å². The SMILES string of the molecule is COc1cccc([C@]23CCN(CC4CC4)CC2Cc2c([nH]c4c(Br)cccc24)C3)c1. The molecule has 3 aliphatic rings. The highest BCUT2D eigenvalue weighted by Gasteiger charge is 2.48. The maximum atomic E-state index is 5.61. The van der Waals surface area contributed by atoms with Crippen LogP contribution in [0.15, 0.2) is 46.9 Å². The van der Waals surface area contributed by atoms with Gasteiger partial charge in [0, 0.05) is 34.1 Å². The van der Waals surface area contributed by atoms with Crippen LogP contribution in [0.25, 0.3) is 10.9 Å². The van der Waals surface area contributed by atoms with Crippen LogP contribution in [0.2, 0.25) is 0 Å². The van der Waals surface area contributed by atoms with Crippen LogP contribution in [0.5, 0.6) is 5.75 Å². The number of aromatic amines is 1. The summed E-state index contributed by atoms with van der Waals surface area (Å²) in [5.41, 5.74) is 5.89. The van der Waals surface area contributed by atoms with Crippen LogP contribution in [0.3, 0.4) is 0 Å². The number of hydrogen-bond donors (Lipinski definition) is 1. The normalized spacial score (nSPS) is 26.4. The number of benzene rings is 2. The van der Waals surface area contributed by atoms with Gasteiger partial charge in [-0.15, -0.1) is 0 Å². The van der Waals surface area contributed by atoms with Gasteiger partial charge in [0.1, 0.15) is 5.75 Å². The predicted molar refractivity (Wildman–Crippen MR) is 125 cm³/mol. The summed E-state index contributed by atoms with van der Waals surface area (Å²) >= 11 is 3.76. The molecule has 3 nitrogen and oxygen atoms in total. The number of fused-ring (bicyclic) bond motifs is 4. The lowest BCUT2D eigenvalue weighted by atomic mass is 9.58. The molecule has 156 valence electrons. The average molecular weight is 465 g/mol. The Morgan fingerprint density at radius 1 is 1.20 bits per heavy atom. The molecule has 2 atom stereocenters. The number of piperidine rings is 1. The van der Waals surface area contributed by atoms with Gasteiger partial charge in [0.05, 0.1) is 12.6 Å². The first-order valence-corrected chi connectivity index (χ1v) is 12.1. The molecule has 2 aliphatic carbocycles. The average Bonchev–Trinajstić information content (AvgIpc) is 3.51. The van der Waals surface area contributed by atoms with E-state index in [0.717, 1.165) is 24.5 Å². The molecule has 2 aromatic carbocycles. The van der Waals surface area contributed by atoms with E-state index in [1.807, 2.05) is 0 Å². The van der Waals surface area contributed by atoms with Gasteiger partial charge in [-0.25, -0.2) is 0 Å². The second-order valence-electron chi connectivity index (χ2n) is 9.66. The summed E-state index contributed by atoms with van der Waals surface area (Å²) in [5, 5.41) is 1.40. The van der Waals surface area contributed by atoms with Crippen molar-refractivity contribution in [1.29, 1.82) is 0 Å². The van der Waals surface area contributed by atoms with E-state index in [4.69, 9.17) is 4.74 Å². The zero-order chi connectivity index (χ0) is 20.3. The van der Waals surface area contributed by atoms with E-state index < -0.39 is 0 Å². The fourth-order valence-electron chi connectivity index (χ4n) is 6.12. The van der Waals surface area contributed by atoms with E-state index in [1.54, 1.807) is 12.7 Å². The third-order valence-electron chi connectivity index (χ3n) is 7.91. The first-order chi connectivity index (χ1) is 14.7. The molecule has 0 radical (unpaired) electrons. The van der Waals surface area contributed by atoms with Gasteiger partial charge in [-0.2, -0.15) is 0 Å². The van der Waals surface area contributed by atoms with E-state index in [0.29, 0.717) is 5.92 Å². The number of nitrogens with zero attached hydrogens (tertiary/aromatic N) is 1. The first-order valence-electron chi connectivity index (χ1n) is 11.3. The molecular weight excluding hydrogens is 436 g/mol. The van der Waals surface area contributed by atoms with Gasteiger partial charge in [-0.05, 0) is 95.7 Å². The molecule has 0 spiro atoms. The molecule has 2 heterocycles. The minimum absolute atomic E-state index is 0.189. The minimum Gasteiger partial charge on any atom is -0.497 e. The third-order valence-corrected chi connectivity index (χ3v) is 8.57. The highest BCUT2D eigenvalue weighted by Crippen LogP contribution is 2.50. The van der Waals surface area contributed by atoms with Gasteiger partial charge < -0.3 is 14.6 Å². The summed E-state index contributed by atoms with van der Waals surface area (Å²) in [4.78, 5) is 6.56. The van der Waals surface area contributed by atoms with Crippen LogP contribution in [0, 0.1) is 11.8 Å². The lowest BCUT2D eigenvalue weighted by Crippen LogP contribution is -2.54. The molecule has 0 bridgehead atoms. The smallest absolute Gasteiger partial charge is 0.119 e. The monoisotopic (exact) mass is 464 g/mol. The molecule has 3 aromatic rings. The Hall–Kier alpha value is -1.78. The maximum Gasteiger partial charge on any atom is 0.119 e. The lowest BCUT2D eigenvalue weighted by molar-refractivity contribution is 0.0783. The van der Waals surface area contributed by atoms with Crippen molar-refractivity contribution in [2.75, 3.05) is 26.7 Å². The number of likely N-dealkylation sites (tertiary alicyclic amines) is 1. The van der Waals surface area contributed by atoms with Crippen LogP contribution < -0.4 is 4.74 Å². The number of halogens is 1. The van der Waals surface area contributed by atoms with Crippen LogP contribution in [0.1, 0.15) is 36.1 Å². The van der Waals surface area contributed by atoms with Crippen LogP contribution in [-0.2, 0) is 18.3 Å². The molecule has 1 saturated carbocycles. The zero-order valence-corrected chi connectivity index (χ0v) is 19.2. The lowest BCUT2D eigenvalue weighted by Gasteiger charge is -2.51. The maximum absolute atomic E-state index is 5.61. The third kappa shape index (κ3) is 3.03. The van der Waals surface area contributed by atoms with Gasteiger partial charge in [0.2, 0.25) is 0 Å². The van der Waals surface area contributed by atoms with E-state index in [-0.39, 0.29) is 5.41 Å². The fourth-order valence-corrected chi connectivity index (χ4v) is 6.58. The van der Waals surface area contributed by atoms with Crippen molar-refractivity contribution in [3.63, 3.8) is 0 Å². The summed E-state index contributed by atoms with van der Waals surface area (Å²) in [6, 6.07) is 15.5. The Morgan fingerprint density at radius 2 is 2.07 bits per heavy atom. The summed E-state index contributed by atoms with van der Waals surface area (Å²) in [6.07, 6.45) is 6.35. The first kappa shape index (κ1) is 18.9. The molecule has 1 N–H and O–H groups in total. The predicted octanol–water partition coefficient (Wildman–Crippen LogP) is 5.71. The topological polar surface area (TPSA) is 28.3 Å². The van der Waals surface area contributed by atoms with Crippen LogP contribution in [0.4, 0.5) is 0 Å². The second kappa shape index (κ2) is 7.13. The zero-order valence-electron chi connectivity index (χ0n) is 17.6. The Morgan fingerprint density at radius 3 is 2.90 bits per heavy atom. The summed E-state index contributed by atoms with van der Waals surface area (Å²) in [6.45, 7) is 3.73. The number of hydrogen-bond acceptors (Lipinski definition) is 2. The number of H-pyrrole nitrogens is 1. The highest BCUT2D eigenvalue weighted by atomic mass is 79.9. The van der Waals surface area contributed by atoms with E-state index in [1.165, 1.54) is 65.5 Å². The van der Waals surface area contributed by atoms with Crippen molar-refractivity contribution in [2.24, 2.45) is 11.8 Å². The summed E-state index contributed by atoms with van der Waals surface area (Å²) in [5.74, 6) is 2.58. The van der Waals surface area contributed by atoms with Crippen molar-refractivity contribution in [3.8, 4) is 5.75 Å². The number of rotatable bonds is 4. The fraction of sp³-hybridized carbons (Fsp3) is 0.462. The summed E-state index contributed by atoms with van der Waals surface area (Å²) < 4.78 is 6.78. The van der Waals surface area contributed by atoms with Crippen molar-refractivity contribution < 1.29 is 4.74 Å². The molecule has 1 aromatic heterocycles. The second-order valence-corrected chi connectivity index (χ2v) is 10.5. The standard InChI is InChI=1S/C26H29BrN2O/c1-30-20-5-2-4-18(12-20)26-10-11-29(15-17-8-9-17)16-19(26)13-22-21-6-3-7-23(27)25(21)28-24(22)14-26/h2-7,12,17,19,28H,8-11,13-16H2,1H3/t19?,26-/m1/s1. The number of para-hydroxylation sites is 1. The molecule has 2 fully saturated rings. The molecule has 1 aliphatic heterocycles. The molecule has 0 amide bonds. The molecule has 1 saturated heterocycles. The van der Waals surface area contributed by atoms with Gasteiger partial charge in [-0.1, -0.05) is 24.3 Å². The Bertz CT molecular complexity index is 1100. The largest absolute Gasteiger partial charge is 0.497 e. The summed E-state index contributed by atoms with van der Waals surface area (Å²) in [7, 11) is 1.78. The van der Waals surface area contributed by atoms with Crippen molar-refractivity contribution in [3.05, 3.63) is 63.8 Å². The highest BCUT2D eigenvalue weighted by molar-refractivity contribution is 9.10. The van der Waals surface area contributed by atoms with Gasteiger partial charge in [-0.3, -0.25) is 0 Å². The van der Waals surface area contributed by atoms with Crippen molar-refractivity contribution >= 4 is 26.8 Å². The number of methoxy groups -OCH3 is 1. The Balaban J connectivity index is 1.45. The molecule has 30 heavy (non-hydrogen) atoms. The van der Waals surface area contributed by atoms with Crippen LogP contribution in [-0.4, -0.2) is 36.6 Å². The number of aromatic nitrogens is 1. The molecule has 4 heteroatoms. The van der Waals surface area contributed by atoms with E-state index >= 15 is 0 Å². The molecular formula is C26H29BrN2O. The Kier molecular flexibility index (Phi) is 4.50. The van der Waals surface area contributed by atoms with Crippen molar-refractivity contribution in [2.45, 2.75) is 37.5 Å². The van der Waals surface area contributed by atoms with Gasteiger partial charge in [0.15, 0.2) is 0 Å². The van der Waals surface area contributed by atoms with Gasteiger partial charge >= 0.3 is 0 Å². The van der Waals surface area contributed by atoms with E-state index in [2.05, 4.69) is 68.3 Å².